The minimum absolute atomic E-state index is 0.150. The van der Waals surface area contributed by atoms with E-state index in [1.54, 1.807) is 35.2 Å². The van der Waals surface area contributed by atoms with E-state index in [2.05, 4.69) is 5.32 Å². The Bertz CT molecular complexity index is 924. The molecule has 3 rings (SSSR count). The third-order valence-electron chi connectivity index (χ3n) is 5.67. The van der Waals surface area contributed by atoms with Crippen molar-refractivity contribution in [2.24, 2.45) is 0 Å². The van der Waals surface area contributed by atoms with Gasteiger partial charge in [-0.15, -0.1) is 0 Å². The van der Waals surface area contributed by atoms with Gasteiger partial charge in [-0.05, 0) is 62.6 Å². The lowest BCUT2D eigenvalue weighted by Crippen LogP contribution is -2.45. The molecule has 1 aliphatic heterocycles. The number of nitrogens with one attached hydrogen (secondary N) is 1. The van der Waals surface area contributed by atoms with E-state index in [4.69, 9.17) is 16.3 Å². The van der Waals surface area contributed by atoms with Crippen molar-refractivity contribution < 1.29 is 18.7 Å². The van der Waals surface area contributed by atoms with Crippen molar-refractivity contribution in [3.8, 4) is 0 Å². The smallest absolute Gasteiger partial charge is 0.255 e. The van der Waals surface area contributed by atoms with Gasteiger partial charge in [0.05, 0.1) is 16.0 Å². The van der Waals surface area contributed by atoms with E-state index in [1.807, 2.05) is 13.8 Å². The zero-order chi connectivity index (χ0) is 21.7. The SMILES string of the molecule is CCN(CC)C(=O)c1ccc(NC(=O)C2(c3cccc(F)c3)CCOCC2)cc1Cl. The predicted octanol–water partition coefficient (Wildman–Crippen LogP) is 4.65. The highest BCUT2D eigenvalue weighted by Crippen LogP contribution is 2.37. The monoisotopic (exact) mass is 432 g/mol. The van der Waals surface area contributed by atoms with Gasteiger partial charge in [0.25, 0.3) is 5.91 Å². The van der Waals surface area contributed by atoms with Crippen LogP contribution in [-0.4, -0.2) is 43.0 Å². The molecule has 160 valence electrons. The summed E-state index contributed by atoms with van der Waals surface area (Å²) in [5.74, 6) is -0.771. The van der Waals surface area contributed by atoms with Gasteiger partial charge in [-0.25, -0.2) is 4.39 Å². The fourth-order valence-electron chi connectivity index (χ4n) is 3.85. The molecule has 7 heteroatoms. The second-order valence-corrected chi connectivity index (χ2v) is 7.74. The van der Waals surface area contributed by atoms with Crippen molar-refractivity contribution in [2.75, 3.05) is 31.6 Å². The number of hydrogen-bond acceptors (Lipinski definition) is 3. The molecular formula is C23H26ClFN2O3. The third kappa shape index (κ3) is 4.50. The van der Waals surface area contributed by atoms with Crippen molar-refractivity contribution in [1.29, 1.82) is 0 Å². The van der Waals surface area contributed by atoms with Gasteiger partial charge in [0.15, 0.2) is 0 Å². The minimum Gasteiger partial charge on any atom is -0.381 e. The standard InChI is InChI=1S/C23H26ClFN2O3/c1-3-27(4-2)21(28)19-9-8-18(15-20(19)24)26-22(29)23(10-12-30-13-11-23)16-6-5-7-17(25)14-16/h5-9,14-15H,3-4,10-13H2,1-2H3,(H,26,29). The number of nitrogens with zero attached hydrogens (tertiary/aromatic N) is 1. The van der Waals surface area contributed by atoms with Crippen LogP contribution in [0.15, 0.2) is 42.5 Å². The lowest BCUT2D eigenvalue weighted by molar-refractivity contribution is -0.125. The fraction of sp³-hybridized carbons (Fsp3) is 0.391. The third-order valence-corrected chi connectivity index (χ3v) is 5.98. The molecule has 30 heavy (non-hydrogen) atoms. The summed E-state index contributed by atoms with van der Waals surface area (Å²) in [5, 5.41) is 3.18. The number of carbonyl (C=O) groups is 2. The van der Waals surface area contributed by atoms with Crippen LogP contribution in [0.5, 0.6) is 0 Å². The van der Waals surface area contributed by atoms with Crippen LogP contribution in [-0.2, 0) is 14.9 Å². The van der Waals surface area contributed by atoms with Crippen LogP contribution in [0.3, 0.4) is 0 Å². The Balaban J connectivity index is 1.86. The van der Waals surface area contributed by atoms with Crippen LogP contribution < -0.4 is 5.32 Å². The first kappa shape index (κ1) is 22.2. The van der Waals surface area contributed by atoms with E-state index in [-0.39, 0.29) is 22.7 Å². The molecular weight excluding hydrogens is 407 g/mol. The van der Waals surface area contributed by atoms with Gasteiger partial charge in [-0.1, -0.05) is 23.7 Å². The number of rotatable bonds is 6. The molecule has 0 aliphatic carbocycles. The summed E-state index contributed by atoms with van der Waals surface area (Å²) in [6.45, 7) is 5.82. The Morgan fingerprint density at radius 2 is 1.83 bits per heavy atom. The molecule has 0 radical (unpaired) electrons. The quantitative estimate of drug-likeness (QED) is 0.722. The topological polar surface area (TPSA) is 58.6 Å². The van der Waals surface area contributed by atoms with Gasteiger partial charge in [0.1, 0.15) is 5.82 Å². The zero-order valence-electron chi connectivity index (χ0n) is 17.2. The van der Waals surface area contributed by atoms with Crippen LogP contribution in [0.1, 0.15) is 42.6 Å². The summed E-state index contributed by atoms with van der Waals surface area (Å²) in [6, 6.07) is 11.0. The van der Waals surface area contributed by atoms with Gasteiger partial charge in [0.2, 0.25) is 5.91 Å². The van der Waals surface area contributed by atoms with E-state index in [9.17, 15) is 14.0 Å². The minimum atomic E-state index is -0.886. The van der Waals surface area contributed by atoms with E-state index in [0.717, 1.165) is 0 Å². The van der Waals surface area contributed by atoms with Gasteiger partial charge in [0, 0.05) is 32.0 Å². The molecule has 0 saturated carbocycles. The van der Waals surface area contributed by atoms with Crippen LogP contribution in [0.25, 0.3) is 0 Å². The maximum absolute atomic E-state index is 13.9. The van der Waals surface area contributed by atoms with E-state index in [0.29, 0.717) is 56.0 Å². The molecule has 1 aliphatic rings. The van der Waals surface area contributed by atoms with Gasteiger partial charge in [-0.3, -0.25) is 9.59 Å². The van der Waals surface area contributed by atoms with E-state index < -0.39 is 5.41 Å². The summed E-state index contributed by atoms with van der Waals surface area (Å²) >= 11 is 6.36. The lowest BCUT2D eigenvalue weighted by Gasteiger charge is -2.36. The molecule has 2 amide bonds. The predicted molar refractivity (Wildman–Crippen MR) is 115 cm³/mol. The molecule has 0 atom stereocenters. The first-order valence-corrected chi connectivity index (χ1v) is 10.5. The maximum Gasteiger partial charge on any atom is 0.255 e. The number of ether oxygens (including phenoxy) is 1. The van der Waals surface area contributed by atoms with Gasteiger partial charge < -0.3 is 15.0 Å². The summed E-state index contributed by atoms with van der Waals surface area (Å²) < 4.78 is 19.3. The van der Waals surface area contributed by atoms with Crippen molar-refractivity contribution in [1.82, 2.24) is 4.90 Å². The molecule has 1 N–H and O–H groups in total. The van der Waals surface area contributed by atoms with Crippen LogP contribution in [0.2, 0.25) is 5.02 Å². The summed E-state index contributed by atoms with van der Waals surface area (Å²) in [4.78, 5) is 27.6. The Kier molecular flexibility index (Phi) is 7.10. The highest BCUT2D eigenvalue weighted by molar-refractivity contribution is 6.34. The fourth-order valence-corrected chi connectivity index (χ4v) is 4.11. The van der Waals surface area contributed by atoms with Crippen molar-refractivity contribution in [2.45, 2.75) is 32.1 Å². The Labute approximate surface area is 181 Å². The molecule has 2 aromatic rings. The number of anilines is 1. The van der Waals surface area contributed by atoms with Crippen LogP contribution in [0, 0.1) is 5.82 Å². The van der Waals surface area contributed by atoms with Crippen molar-refractivity contribution in [3.05, 3.63) is 64.4 Å². The largest absolute Gasteiger partial charge is 0.381 e. The molecule has 1 fully saturated rings. The van der Waals surface area contributed by atoms with Crippen molar-refractivity contribution in [3.63, 3.8) is 0 Å². The summed E-state index contributed by atoms with van der Waals surface area (Å²) in [6.07, 6.45) is 0.906. The number of benzene rings is 2. The van der Waals surface area contributed by atoms with Gasteiger partial charge >= 0.3 is 0 Å². The summed E-state index contributed by atoms with van der Waals surface area (Å²) in [5.41, 5.74) is 0.623. The molecule has 0 spiro atoms. The molecule has 2 aromatic carbocycles. The lowest BCUT2D eigenvalue weighted by atomic mass is 9.73. The summed E-state index contributed by atoms with van der Waals surface area (Å²) in [7, 11) is 0. The van der Waals surface area contributed by atoms with Crippen molar-refractivity contribution >= 4 is 29.1 Å². The first-order valence-electron chi connectivity index (χ1n) is 10.2. The zero-order valence-corrected chi connectivity index (χ0v) is 18.0. The number of hydrogen-bond donors (Lipinski definition) is 1. The number of halogens is 2. The highest BCUT2D eigenvalue weighted by Gasteiger charge is 2.42. The van der Waals surface area contributed by atoms with E-state index in [1.165, 1.54) is 12.1 Å². The molecule has 5 nitrogen and oxygen atoms in total. The molecule has 0 unspecified atom stereocenters. The Hall–Kier alpha value is -2.44. The first-order chi connectivity index (χ1) is 14.4. The molecule has 1 saturated heterocycles. The molecule has 0 aromatic heterocycles. The number of carbonyl (C=O) groups excluding carboxylic acids is 2. The normalized spacial score (nSPS) is 15.5. The number of amides is 2. The Morgan fingerprint density at radius 3 is 2.43 bits per heavy atom. The van der Waals surface area contributed by atoms with Crippen LogP contribution in [0.4, 0.5) is 10.1 Å². The van der Waals surface area contributed by atoms with Gasteiger partial charge in [-0.2, -0.15) is 0 Å². The second kappa shape index (κ2) is 9.58. The van der Waals surface area contributed by atoms with E-state index >= 15 is 0 Å². The molecule has 0 bridgehead atoms. The average molecular weight is 433 g/mol. The van der Waals surface area contributed by atoms with Crippen LogP contribution >= 0.6 is 11.6 Å². The second-order valence-electron chi connectivity index (χ2n) is 7.33. The highest BCUT2D eigenvalue weighted by atomic mass is 35.5. The molecule has 1 heterocycles. The average Bonchev–Trinajstić information content (AvgIpc) is 2.75. The Morgan fingerprint density at radius 1 is 1.13 bits per heavy atom. The maximum atomic E-state index is 13.9.